The standard InChI is InChI=1S/C16H26N2/c1-3-13-8-10-14(11-9-13)12-18(2)16-7-5-4-6-15(16)17/h8-11,15-16H,3-7,12,17H2,1-2H3. The van der Waals surface area contributed by atoms with Gasteiger partial charge < -0.3 is 5.73 Å². The smallest absolute Gasteiger partial charge is 0.0247 e. The van der Waals surface area contributed by atoms with Gasteiger partial charge in [-0.2, -0.15) is 0 Å². The fourth-order valence-corrected chi connectivity index (χ4v) is 2.97. The number of hydrogen-bond donors (Lipinski definition) is 1. The van der Waals surface area contributed by atoms with Crippen LogP contribution in [0, 0.1) is 0 Å². The predicted molar refractivity (Wildman–Crippen MR) is 77.5 cm³/mol. The van der Waals surface area contributed by atoms with E-state index >= 15 is 0 Å². The molecule has 0 heterocycles. The van der Waals surface area contributed by atoms with Crippen LogP contribution in [0.4, 0.5) is 0 Å². The minimum Gasteiger partial charge on any atom is -0.326 e. The molecule has 18 heavy (non-hydrogen) atoms. The van der Waals surface area contributed by atoms with Gasteiger partial charge in [0, 0.05) is 18.6 Å². The third-order valence-electron chi connectivity index (χ3n) is 4.21. The van der Waals surface area contributed by atoms with Crippen LogP contribution in [0.3, 0.4) is 0 Å². The molecule has 2 rings (SSSR count). The van der Waals surface area contributed by atoms with Gasteiger partial charge in [0.25, 0.3) is 0 Å². The van der Waals surface area contributed by atoms with Gasteiger partial charge in [0.15, 0.2) is 0 Å². The van der Waals surface area contributed by atoms with Crippen LogP contribution < -0.4 is 5.73 Å². The van der Waals surface area contributed by atoms with E-state index in [1.54, 1.807) is 0 Å². The minimum atomic E-state index is 0.360. The highest BCUT2D eigenvalue weighted by molar-refractivity contribution is 5.22. The first-order valence-corrected chi connectivity index (χ1v) is 7.24. The second kappa shape index (κ2) is 6.35. The summed E-state index contributed by atoms with van der Waals surface area (Å²) in [5.74, 6) is 0. The van der Waals surface area contributed by atoms with Gasteiger partial charge in [-0.15, -0.1) is 0 Å². The molecule has 0 spiro atoms. The van der Waals surface area contributed by atoms with Crippen molar-refractivity contribution in [3.63, 3.8) is 0 Å². The van der Waals surface area contributed by atoms with Crippen molar-refractivity contribution < 1.29 is 0 Å². The molecule has 1 aromatic carbocycles. The molecule has 2 unspecified atom stereocenters. The molecule has 2 heteroatoms. The lowest BCUT2D eigenvalue weighted by Crippen LogP contribution is -2.47. The van der Waals surface area contributed by atoms with E-state index in [1.807, 2.05) is 0 Å². The molecule has 0 radical (unpaired) electrons. The molecule has 1 aromatic rings. The largest absolute Gasteiger partial charge is 0.326 e. The van der Waals surface area contributed by atoms with Gasteiger partial charge in [-0.05, 0) is 37.4 Å². The summed E-state index contributed by atoms with van der Waals surface area (Å²) in [5, 5.41) is 0. The summed E-state index contributed by atoms with van der Waals surface area (Å²) in [5.41, 5.74) is 9.05. The number of nitrogens with two attached hydrogens (primary N) is 1. The Balaban J connectivity index is 1.94. The lowest BCUT2D eigenvalue weighted by Gasteiger charge is -2.36. The van der Waals surface area contributed by atoms with Crippen molar-refractivity contribution in [1.29, 1.82) is 0 Å². The number of benzene rings is 1. The molecule has 0 bridgehead atoms. The van der Waals surface area contributed by atoms with Crippen molar-refractivity contribution in [2.24, 2.45) is 5.73 Å². The Bertz CT molecular complexity index is 358. The first-order valence-electron chi connectivity index (χ1n) is 7.24. The summed E-state index contributed by atoms with van der Waals surface area (Å²) in [6.45, 7) is 3.21. The molecular weight excluding hydrogens is 220 g/mol. The second-order valence-corrected chi connectivity index (χ2v) is 5.60. The maximum absolute atomic E-state index is 6.24. The Hall–Kier alpha value is -0.860. The van der Waals surface area contributed by atoms with Crippen molar-refractivity contribution in [2.75, 3.05) is 7.05 Å². The Morgan fingerprint density at radius 3 is 2.33 bits per heavy atom. The maximum Gasteiger partial charge on any atom is 0.0247 e. The van der Waals surface area contributed by atoms with E-state index in [0.717, 1.165) is 13.0 Å². The summed E-state index contributed by atoms with van der Waals surface area (Å²) in [6.07, 6.45) is 6.19. The van der Waals surface area contributed by atoms with Crippen LogP contribution in [-0.4, -0.2) is 24.0 Å². The number of aryl methyl sites for hydroxylation is 1. The molecule has 0 aromatic heterocycles. The lowest BCUT2D eigenvalue weighted by molar-refractivity contribution is 0.162. The predicted octanol–water partition coefficient (Wildman–Crippen LogP) is 2.95. The zero-order chi connectivity index (χ0) is 13.0. The first kappa shape index (κ1) is 13.6. The molecule has 100 valence electrons. The number of hydrogen-bond acceptors (Lipinski definition) is 2. The first-order chi connectivity index (χ1) is 8.70. The summed E-state index contributed by atoms with van der Waals surface area (Å²) in [4.78, 5) is 2.44. The van der Waals surface area contributed by atoms with Crippen LogP contribution in [0.15, 0.2) is 24.3 Å². The number of rotatable bonds is 4. The van der Waals surface area contributed by atoms with Crippen LogP contribution in [0.5, 0.6) is 0 Å². The van der Waals surface area contributed by atoms with Crippen molar-refractivity contribution >= 4 is 0 Å². The second-order valence-electron chi connectivity index (χ2n) is 5.60. The summed E-state index contributed by atoms with van der Waals surface area (Å²) in [7, 11) is 2.21. The highest BCUT2D eigenvalue weighted by Crippen LogP contribution is 2.22. The van der Waals surface area contributed by atoms with Gasteiger partial charge in [0.2, 0.25) is 0 Å². The third kappa shape index (κ3) is 3.33. The SMILES string of the molecule is CCc1ccc(CN(C)C2CCCCC2N)cc1. The zero-order valence-electron chi connectivity index (χ0n) is 11.7. The topological polar surface area (TPSA) is 29.3 Å². The van der Waals surface area contributed by atoms with Crippen molar-refractivity contribution in [3.05, 3.63) is 35.4 Å². The molecule has 1 saturated carbocycles. The van der Waals surface area contributed by atoms with Crippen molar-refractivity contribution in [2.45, 2.75) is 57.7 Å². The fraction of sp³-hybridized carbons (Fsp3) is 0.625. The van der Waals surface area contributed by atoms with Gasteiger partial charge >= 0.3 is 0 Å². The third-order valence-corrected chi connectivity index (χ3v) is 4.21. The Morgan fingerprint density at radius 2 is 1.72 bits per heavy atom. The van der Waals surface area contributed by atoms with Gasteiger partial charge in [0.1, 0.15) is 0 Å². The molecule has 0 amide bonds. The summed E-state index contributed by atoms with van der Waals surface area (Å²) >= 11 is 0. The van der Waals surface area contributed by atoms with E-state index in [1.165, 1.54) is 36.8 Å². The quantitative estimate of drug-likeness (QED) is 0.885. The van der Waals surface area contributed by atoms with Crippen LogP contribution in [0.25, 0.3) is 0 Å². The van der Waals surface area contributed by atoms with E-state index in [9.17, 15) is 0 Å². The molecule has 0 aliphatic heterocycles. The van der Waals surface area contributed by atoms with E-state index in [2.05, 4.69) is 43.1 Å². The molecule has 0 saturated heterocycles. The molecule has 2 N–H and O–H groups in total. The van der Waals surface area contributed by atoms with E-state index in [-0.39, 0.29) is 0 Å². The zero-order valence-corrected chi connectivity index (χ0v) is 11.7. The van der Waals surface area contributed by atoms with E-state index in [4.69, 9.17) is 5.73 Å². The van der Waals surface area contributed by atoms with Crippen LogP contribution >= 0.6 is 0 Å². The lowest BCUT2D eigenvalue weighted by atomic mass is 9.90. The molecular formula is C16H26N2. The number of likely N-dealkylation sites (N-methyl/N-ethyl adjacent to an activating group) is 1. The van der Waals surface area contributed by atoms with Gasteiger partial charge in [-0.3, -0.25) is 4.90 Å². The van der Waals surface area contributed by atoms with Gasteiger partial charge in [-0.25, -0.2) is 0 Å². The average molecular weight is 246 g/mol. The van der Waals surface area contributed by atoms with Gasteiger partial charge in [-0.1, -0.05) is 44.0 Å². The van der Waals surface area contributed by atoms with Crippen LogP contribution in [0.1, 0.15) is 43.7 Å². The minimum absolute atomic E-state index is 0.360. The Labute approximate surface area is 111 Å². The maximum atomic E-state index is 6.24. The normalized spacial score (nSPS) is 24.4. The van der Waals surface area contributed by atoms with Crippen LogP contribution in [-0.2, 0) is 13.0 Å². The van der Waals surface area contributed by atoms with Crippen molar-refractivity contribution in [1.82, 2.24) is 4.90 Å². The molecule has 1 aliphatic carbocycles. The Kier molecular flexibility index (Phi) is 4.79. The monoisotopic (exact) mass is 246 g/mol. The molecule has 2 nitrogen and oxygen atoms in total. The number of nitrogens with zero attached hydrogens (tertiary/aromatic N) is 1. The summed E-state index contributed by atoms with van der Waals surface area (Å²) in [6, 6.07) is 9.91. The van der Waals surface area contributed by atoms with Gasteiger partial charge in [0.05, 0.1) is 0 Å². The molecule has 1 aliphatic rings. The van der Waals surface area contributed by atoms with Crippen molar-refractivity contribution in [3.8, 4) is 0 Å². The van der Waals surface area contributed by atoms with Crippen LogP contribution in [0.2, 0.25) is 0 Å². The molecule has 1 fully saturated rings. The fourth-order valence-electron chi connectivity index (χ4n) is 2.97. The highest BCUT2D eigenvalue weighted by Gasteiger charge is 2.25. The van der Waals surface area contributed by atoms with E-state index < -0.39 is 0 Å². The average Bonchev–Trinajstić information content (AvgIpc) is 2.40. The molecule has 2 atom stereocenters. The summed E-state index contributed by atoms with van der Waals surface area (Å²) < 4.78 is 0. The highest BCUT2D eigenvalue weighted by atomic mass is 15.1. The Morgan fingerprint density at radius 1 is 1.11 bits per heavy atom. The van der Waals surface area contributed by atoms with E-state index in [0.29, 0.717) is 12.1 Å².